The van der Waals surface area contributed by atoms with Crippen molar-refractivity contribution in [3.63, 3.8) is 0 Å². The summed E-state index contributed by atoms with van der Waals surface area (Å²) in [7, 11) is 0. The molecule has 130 valence electrons. The van der Waals surface area contributed by atoms with Gasteiger partial charge in [-0.2, -0.15) is 0 Å². The molecule has 1 aromatic carbocycles. The van der Waals surface area contributed by atoms with Crippen molar-refractivity contribution in [2.24, 2.45) is 0 Å². The van der Waals surface area contributed by atoms with Gasteiger partial charge in [0.25, 0.3) is 0 Å². The van der Waals surface area contributed by atoms with Gasteiger partial charge in [0.2, 0.25) is 0 Å². The zero-order valence-corrected chi connectivity index (χ0v) is 13.2. The van der Waals surface area contributed by atoms with Gasteiger partial charge in [0.15, 0.2) is 0 Å². The maximum atomic E-state index is 12.8. The number of aliphatic hydroxyl groups excluding tert-OH is 4. The van der Waals surface area contributed by atoms with Gasteiger partial charge in [0.1, 0.15) is 18.0 Å². The van der Waals surface area contributed by atoms with Crippen molar-refractivity contribution in [1.29, 1.82) is 0 Å². The summed E-state index contributed by atoms with van der Waals surface area (Å²) in [6, 6.07) is 5.49. The molecule has 0 spiro atoms. The minimum absolute atomic E-state index is 0.274. The second-order valence-electron chi connectivity index (χ2n) is 6.45. The lowest BCUT2D eigenvalue weighted by atomic mass is 9.90. The van der Waals surface area contributed by atoms with Crippen molar-refractivity contribution in [3.8, 4) is 11.8 Å². The second kappa shape index (κ2) is 7.18. The predicted molar refractivity (Wildman–Crippen MR) is 85.4 cm³/mol. The summed E-state index contributed by atoms with van der Waals surface area (Å²) < 4.78 is 12.8. The lowest BCUT2D eigenvalue weighted by Gasteiger charge is -2.30. The van der Waals surface area contributed by atoms with E-state index in [2.05, 4.69) is 11.8 Å². The normalized spacial score (nSPS) is 37.3. The van der Waals surface area contributed by atoms with Crippen LogP contribution in [0.25, 0.3) is 0 Å². The summed E-state index contributed by atoms with van der Waals surface area (Å²) in [6.07, 6.45) is -2.23. The Morgan fingerprint density at radius 2 is 1.46 bits per heavy atom. The van der Waals surface area contributed by atoms with Crippen molar-refractivity contribution >= 4 is 0 Å². The number of hydrogen-bond acceptors (Lipinski definition) is 5. The predicted octanol–water partition coefficient (Wildman–Crippen LogP) is -0.143. The number of fused-ring (bicyclic) bond motifs is 1. The number of likely N-dealkylation sites (tertiary alicyclic amines) is 1. The number of hydrogen-bond donors (Lipinski definition) is 4. The van der Waals surface area contributed by atoms with Crippen molar-refractivity contribution in [2.45, 2.75) is 55.8 Å². The molecule has 0 radical (unpaired) electrons. The van der Waals surface area contributed by atoms with E-state index < -0.39 is 24.4 Å². The highest BCUT2D eigenvalue weighted by Crippen LogP contribution is 2.41. The van der Waals surface area contributed by atoms with Gasteiger partial charge in [-0.25, -0.2) is 4.39 Å². The number of rotatable bonds is 4. The molecule has 1 unspecified atom stereocenters. The van der Waals surface area contributed by atoms with E-state index >= 15 is 0 Å². The molecule has 3 rings (SSSR count). The molecule has 2 aliphatic rings. The first kappa shape index (κ1) is 17.3. The quantitative estimate of drug-likeness (QED) is 0.350. The average molecular weight is 335 g/mol. The fourth-order valence-electron chi connectivity index (χ4n) is 3.43. The lowest BCUT2D eigenvalue weighted by Crippen LogP contribution is -2.53. The van der Waals surface area contributed by atoms with Gasteiger partial charge in [0, 0.05) is 12.0 Å². The van der Waals surface area contributed by atoms with Crippen LogP contribution in [0, 0.1) is 17.7 Å². The van der Waals surface area contributed by atoms with E-state index in [9.17, 15) is 24.8 Å². The van der Waals surface area contributed by atoms with Crippen LogP contribution in [0.1, 0.15) is 24.8 Å². The highest BCUT2D eigenvalue weighted by Gasteiger charge is 2.63. The van der Waals surface area contributed by atoms with E-state index in [1.165, 1.54) is 12.1 Å². The first-order chi connectivity index (χ1) is 11.5. The molecule has 5 nitrogen and oxygen atoms in total. The largest absolute Gasteiger partial charge is 0.389 e. The van der Waals surface area contributed by atoms with Crippen molar-refractivity contribution in [3.05, 3.63) is 35.6 Å². The Hall–Kier alpha value is -1.49. The molecular weight excluding hydrogens is 313 g/mol. The van der Waals surface area contributed by atoms with Crippen LogP contribution in [0.3, 0.4) is 0 Å². The molecular formula is C18H22FNO4. The van der Waals surface area contributed by atoms with E-state index in [1.54, 1.807) is 12.1 Å². The molecule has 7 atom stereocenters. The molecule has 1 saturated heterocycles. The number of unbranched alkanes of at least 4 members (excludes halogenated alkanes) is 2. The highest BCUT2D eigenvalue weighted by molar-refractivity contribution is 5.33. The molecule has 1 saturated carbocycles. The van der Waals surface area contributed by atoms with E-state index in [1.807, 2.05) is 4.90 Å². The summed E-state index contributed by atoms with van der Waals surface area (Å²) in [5, 5.41) is 39.2. The van der Waals surface area contributed by atoms with Crippen LogP contribution in [-0.2, 0) is 0 Å². The molecule has 1 heterocycles. The van der Waals surface area contributed by atoms with Crippen LogP contribution in [0.5, 0.6) is 0 Å². The molecule has 24 heavy (non-hydrogen) atoms. The summed E-state index contributed by atoms with van der Waals surface area (Å²) >= 11 is 0. The van der Waals surface area contributed by atoms with Crippen LogP contribution >= 0.6 is 0 Å². The van der Waals surface area contributed by atoms with Crippen molar-refractivity contribution < 1.29 is 24.8 Å². The Balaban J connectivity index is 1.40. The Morgan fingerprint density at radius 1 is 0.875 bits per heavy atom. The smallest absolute Gasteiger partial charge is 0.123 e. The van der Waals surface area contributed by atoms with Gasteiger partial charge in [-0.3, -0.25) is 4.90 Å². The van der Waals surface area contributed by atoms with Crippen LogP contribution in [0.4, 0.5) is 4.39 Å². The van der Waals surface area contributed by atoms with Crippen molar-refractivity contribution in [1.82, 2.24) is 4.90 Å². The molecule has 1 aliphatic carbocycles. The first-order valence-corrected chi connectivity index (χ1v) is 8.23. The Morgan fingerprint density at radius 3 is 2.04 bits per heavy atom. The second-order valence-corrected chi connectivity index (χ2v) is 6.45. The molecule has 1 aliphatic heterocycles. The van der Waals surface area contributed by atoms with Gasteiger partial charge < -0.3 is 20.4 Å². The van der Waals surface area contributed by atoms with E-state index in [4.69, 9.17) is 0 Å². The minimum atomic E-state index is -1.30. The Bertz CT molecular complexity index is 606. The van der Waals surface area contributed by atoms with E-state index in [0.29, 0.717) is 13.0 Å². The summed E-state index contributed by atoms with van der Waals surface area (Å²) in [4.78, 5) is 1.92. The van der Waals surface area contributed by atoms with Crippen LogP contribution < -0.4 is 0 Å². The molecule has 0 aromatic heterocycles. The van der Waals surface area contributed by atoms with Crippen molar-refractivity contribution in [2.75, 3.05) is 6.54 Å². The van der Waals surface area contributed by atoms with Gasteiger partial charge in [-0.05, 0) is 43.7 Å². The molecule has 0 amide bonds. The van der Waals surface area contributed by atoms with Crippen LogP contribution in [-0.4, -0.2) is 68.4 Å². The minimum Gasteiger partial charge on any atom is -0.389 e. The fourth-order valence-corrected chi connectivity index (χ4v) is 3.43. The third-order valence-electron chi connectivity index (χ3n) is 4.82. The summed E-state index contributed by atoms with van der Waals surface area (Å²) in [6.45, 7) is 0.682. The lowest BCUT2D eigenvalue weighted by molar-refractivity contribution is -0.121. The number of aliphatic hydroxyl groups is 4. The molecule has 0 bridgehead atoms. The molecule has 1 aromatic rings. The molecule has 4 N–H and O–H groups in total. The topological polar surface area (TPSA) is 83.9 Å². The third kappa shape index (κ3) is 3.46. The van der Waals surface area contributed by atoms with E-state index in [-0.39, 0.29) is 17.9 Å². The van der Waals surface area contributed by atoms with Gasteiger partial charge in [-0.15, -0.1) is 0 Å². The highest BCUT2D eigenvalue weighted by atomic mass is 19.1. The number of halogens is 1. The van der Waals surface area contributed by atoms with Crippen LogP contribution in [0.2, 0.25) is 0 Å². The molecule has 2 fully saturated rings. The average Bonchev–Trinajstić information content (AvgIpc) is 3.30. The third-order valence-corrected chi connectivity index (χ3v) is 4.82. The standard InChI is InChI=1S/C18H22FNO4/c19-12-8-6-11(7-9-12)5-3-1-2-4-10-20-13-14(20)16(22)18(24)17(23)15(13)21/h6-9,13-18,21-24H,1-2,4,10H2/t13-,14+,15-,16-,17+,18+,20?/m0/s1. The maximum Gasteiger partial charge on any atom is 0.123 e. The monoisotopic (exact) mass is 335 g/mol. The van der Waals surface area contributed by atoms with E-state index in [0.717, 1.165) is 18.4 Å². The SMILES string of the molecule is O[C@H]1[C@H](O)[C@@H](O)[C@H]2[C@@H]([C@@H]1O)N2CCCCC#Cc1ccc(F)cc1. The first-order valence-electron chi connectivity index (χ1n) is 8.23. The summed E-state index contributed by atoms with van der Waals surface area (Å²) in [5.74, 6) is 5.74. The zero-order valence-electron chi connectivity index (χ0n) is 13.2. The van der Waals surface area contributed by atoms with Gasteiger partial charge in [0.05, 0.1) is 24.3 Å². The number of benzene rings is 1. The summed E-state index contributed by atoms with van der Waals surface area (Å²) in [5.41, 5.74) is 0.780. The van der Waals surface area contributed by atoms with Gasteiger partial charge >= 0.3 is 0 Å². The maximum absolute atomic E-state index is 12.8. The Labute approximate surface area is 140 Å². The zero-order chi connectivity index (χ0) is 17.3. The van der Waals surface area contributed by atoms with Crippen LogP contribution in [0.15, 0.2) is 24.3 Å². The fraction of sp³-hybridized carbons (Fsp3) is 0.556. The van der Waals surface area contributed by atoms with Gasteiger partial charge in [-0.1, -0.05) is 11.8 Å². The Kier molecular flexibility index (Phi) is 5.18. The number of nitrogens with zero attached hydrogens (tertiary/aromatic N) is 1. The molecule has 6 heteroatoms.